The fourth-order valence-corrected chi connectivity index (χ4v) is 3.49. The molecule has 4 aromatic rings. The summed E-state index contributed by atoms with van der Waals surface area (Å²) >= 11 is 0. The Balaban J connectivity index is 0.000000194. The molecule has 166 valence electrons. The molecule has 1 aromatic heterocycles. The summed E-state index contributed by atoms with van der Waals surface area (Å²) in [5, 5.41) is 6.26. The largest absolute Gasteiger partial charge is 0.388 e. The highest BCUT2D eigenvalue weighted by atomic mass is 16.1. The molecule has 0 amide bonds. The van der Waals surface area contributed by atoms with Gasteiger partial charge in [-0.2, -0.15) is 0 Å². The molecule has 3 aromatic carbocycles. The van der Waals surface area contributed by atoms with Crippen LogP contribution in [-0.2, 0) is 0 Å². The number of ketones is 1. The van der Waals surface area contributed by atoms with E-state index < -0.39 is 0 Å². The van der Waals surface area contributed by atoms with Crippen molar-refractivity contribution in [2.75, 3.05) is 24.7 Å². The molecular formula is C28H27N3O2. The van der Waals surface area contributed by atoms with Gasteiger partial charge in [0, 0.05) is 60.1 Å². The van der Waals surface area contributed by atoms with Gasteiger partial charge in [-0.25, -0.2) is 0 Å². The number of aromatic nitrogens is 1. The maximum atomic E-state index is 11.5. The number of Topliss-reactive ketones (excluding diaryl/α,β-unsaturated/α-hetero) is 1. The molecule has 0 spiro atoms. The van der Waals surface area contributed by atoms with E-state index in [2.05, 4.69) is 21.7 Å². The average Bonchev–Trinajstić information content (AvgIpc) is 2.89. The van der Waals surface area contributed by atoms with E-state index in [-0.39, 0.29) is 5.78 Å². The zero-order chi connectivity index (χ0) is 23.6. The van der Waals surface area contributed by atoms with Crippen molar-refractivity contribution in [3.63, 3.8) is 0 Å². The topological polar surface area (TPSA) is 71.1 Å². The van der Waals surface area contributed by atoms with Crippen LogP contribution in [0.15, 0.2) is 91.3 Å². The van der Waals surface area contributed by atoms with E-state index in [9.17, 15) is 9.59 Å². The first-order valence-corrected chi connectivity index (χ1v) is 10.6. The number of benzene rings is 3. The molecule has 0 fully saturated rings. The number of carbonyl (C=O) groups excluding carboxylic acids is 2. The predicted molar refractivity (Wildman–Crippen MR) is 136 cm³/mol. The van der Waals surface area contributed by atoms with E-state index in [1.807, 2.05) is 86.9 Å². The summed E-state index contributed by atoms with van der Waals surface area (Å²) in [6.45, 7) is 1.58. The number of rotatable bonds is 6. The lowest BCUT2D eigenvalue weighted by atomic mass is 9.99. The normalized spacial score (nSPS) is 9.91. The van der Waals surface area contributed by atoms with Gasteiger partial charge in [0.05, 0.1) is 0 Å². The molecule has 0 atom stereocenters. The Morgan fingerprint density at radius 3 is 2.12 bits per heavy atom. The molecule has 0 saturated heterocycles. The Labute approximate surface area is 194 Å². The number of hydrogen-bond acceptors (Lipinski definition) is 5. The third kappa shape index (κ3) is 5.92. The number of pyridine rings is 1. The van der Waals surface area contributed by atoms with Gasteiger partial charge < -0.3 is 10.6 Å². The van der Waals surface area contributed by atoms with Crippen LogP contribution in [0.2, 0.25) is 0 Å². The molecular weight excluding hydrogens is 410 g/mol. The second-order valence-corrected chi connectivity index (χ2v) is 7.35. The van der Waals surface area contributed by atoms with Crippen LogP contribution < -0.4 is 10.6 Å². The van der Waals surface area contributed by atoms with Crippen LogP contribution in [-0.4, -0.2) is 31.1 Å². The van der Waals surface area contributed by atoms with Gasteiger partial charge in [0.25, 0.3) is 0 Å². The molecule has 2 N–H and O–H groups in total. The molecule has 1 heterocycles. The molecule has 0 saturated carbocycles. The van der Waals surface area contributed by atoms with E-state index in [4.69, 9.17) is 0 Å². The Kier molecular flexibility index (Phi) is 8.08. The second kappa shape index (κ2) is 11.4. The fraction of sp³-hybridized carbons (Fsp3) is 0.107. The smallest absolute Gasteiger partial charge is 0.161 e. The van der Waals surface area contributed by atoms with Crippen molar-refractivity contribution in [2.24, 2.45) is 0 Å². The van der Waals surface area contributed by atoms with Crippen molar-refractivity contribution in [3.8, 4) is 22.3 Å². The minimum absolute atomic E-state index is 0.0674. The molecule has 5 nitrogen and oxygen atoms in total. The monoisotopic (exact) mass is 437 g/mol. The zero-order valence-corrected chi connectivity index (χ0v) is 19.0. The van der Waals surface area contributed by atoms with Crippen molar-refractivity contribution in [2.45, 2.75) is 6.92 Å². The summed E-state index contributed by atoms with van der Waals surface area (Å²) in [7, 11) is 3.73. The number of aldehydes is 1. The quantitative estimate of drug-likeness (QED) is 0.278. The van der Waals surface area contributed by atoms with Crippen molar-refractivity contribution in [1.29, 1.82) is 0 Å². The number of nitrogens with one attached hydrogen (secondary N) is 2. The molecule has 0 aliphatic heterocycles. The molecule has 0 bridgehead atoms. The Morgan fingerprint density at radius 2 is 1.45 bits per heavy atom. The molecule has 5 heteroatoms. The molecule has 4 rings (SSSR count). The van der Waals surface area contributed by atoms with Crippen LogP contribution in [0.1, 0.15) is 27.6 Å². The van der Waals surface area contributed by atoms with Crippen LogP contribution >= 0.6 is 0 Å². The van der Waals surface area contributed by atoms with Gasteiger partial charge in [0.1, 0.15) is 0 Å². The van der Waals surface area contributed by atoms with Gasteiger partial charge >= 0.3 is 0 Å². The Bertz CT molecular complexity index is 1240. The second-order valence-electron chi connectivity index (χ2n) is 7.35. The maximum Gasteiger partial charge on any atom is 0.161 e. The molecule has 33 heavy (non-hydrogen) atoms. The number of anilines is 2. The molecule has 0 unspecified atom stereocenters. The number of nitrogens with zero attached hydrogens (tertiary/aromatic N) is 1. The Morgan fingerprint density at radius 1 is 0.758 bits per heavy atom. The summed E-state index contributed by atoms with van der Waals surface area (Å²) in [4.78, 5) is 26.1. The highest BCUT2D eigenvalue weighted by Gasteiger charge is 2.09. The van der Waals surface area contributed by atoms with Crippen molar-refractivity contribution >= 4 is 23.4 Å². The van der Waals surface area contributed by atoms with Crippen molar-refractivity contribution in [1.82, 2.24) is 4.98 Å². The van der Waals surface area contributed by atoms with E-state index in [1.54, 1.807) is 19.3 Å². The SMILES string of the molecule is CNc1cc(-c2ccccc2NC)ccc1C(C)=O.O=Cc1cncc(-c2ccccc2)c1. The standard InChI is InChI=1S/C16H18N2O.C12H9NO/c1-11(19)13-9-8-12(10-16(13)18-3)14-6-4-5-7-15(14)17-2;14-9-10-6-12(8-13-7-10)11-4-2-1-3-5-11/h4-10,17-18H,1-3H3;1-9H. The maximum absolute atomic E-state index is 11.5. The van der Waals surface area contributed by atoms with Gasteiger partial charge in [-0.15, -0.1) is 0 Å². The van der Waals surface area contributed by atoms with E-state index in [1.165, 1.54) is 0 Å². The molecule has 0 aliphatic carbocycles. The van der Waals surface area contributed by atoms with Gasteiger partial charge in [-0.3, -0.25) is 14.6 Å². The number of carbonyl (C=O) groups is 2. The van der Waals surface area contributed by atoms with Gasteiger partial charge in [-0.1, -0.05) is 54.6 Å². The molecule has 0 radical (unpaired) electrons. The summed E-state index contributed by atoms with van der Waals surface area (Å²) in [5.74, 6) is 0.0674. The fourth-order valence-electron chi connectivity index (χ4n) is 3.49. The third-order valence-electron chi connectivity index (χ3n) is 5.18. The van der Waals surface area contributed by atoms with E-state index in [0.717, 1.165) is 39.9 Å². The third-order valence-corrected chi connectivity index (χ3v) is 5.18. The number of para-hydroxylation sites is 1. The first-order valence-electron chi connectivity index (χ1n) is 10.6. The van der Waals surface area contributed by atoms with Crippen LogP contribution in [0.4, 0.5) is 11.4 Å². The highest BCUT2D eigenvalue weighted by Crippen LogP contribution is 2.31. The van der Waals surface area contributed by atoms with Gasteiger partial charge in [-0.05, 0) is 42.3 Å². The van der Waals surface area contributed by atoms with Crippen LogP contribution in [0.25, 0.3) is 22.3 Å². The minimum atomic E-state index is 0.0674. The summed E-state index contributed by atoms with van der Waals surface area (Å²) in [6.07, 6.45) is 4.11. The van der Waals surface area contributed by atoms with Crippen LogP contribution in [0.3, 0.4) is 0 Å². The summed E-state index contributed by atoms with van der Waals surface area (Å²) < 4.78 is 0. The predicted octanol–water partition coefficient (Wildman–Crippen LogP) is 6.20. The van der Waals surface area contributed by atoms with Crippen molar-refractivity contribution in [3.05, 3.63) is 102 Å². The van der Waals surface area contributed by atoms with E-state index in [0.29, 0.717) is 11.1 Å². The zero-order valence-electron chi connectivity index (χ0n) is 19.0. The number of hydrogen-bond donors (Lipinski definition) is 2. The summed E-state index contributed by atoms with van der Waals surface area (Å²) in [6, 6.07) is 25.7. The lowest BCUT2D eigenvalue weighted by molar-refractivity contribution is 0.101. The average molecular weight is 438 g/mol. The van der Waals surface area contributed by atoms with Crippen molar-refractivity contribution < 1.29 is 9.59 Å². The van der Waals surface area contributed by atoms with Gasteiger partial charge in [0.2, 0.25) is 0 Å². The highest BCUT2D eigenvalue weighted by molar-refractivity contribution is 6.00. The first kappa shape index (κ1) is 23.4. The Hall–Kier alpha value is -4.25. The van der Waals surface area contributed by atoms with Crippen LogP contribution in [0.5, 0.6) is 0 Å². The lowest BCUT2D eigenvalue weighted by Gasteiger charge is -2.12. The summed E-state index contributed by atoms with van der Waals surface area (Å²) in [5.41, 5.74) is 7.49. The van der Waals surface area contributed by atoms with E-state index >= 15 is 0 Å². The minimum Gasteiger partial charge on any atom is -0.388 e. The lowest BCUT2D eigenvalue weighted by Crippen LogP contribution is -2.00. The molecule has 0 aliphatic rings. The van der Waals surface area contributed by atoms with Crippen LogP contribution in [0, 0.1) is 0 Å². The first-order chi connectivity index (χ1) is 16.1. The van der Waals surface area contributed by atoms with Gasteiger partial charge in [0.15, 0.2) is 12.1 Å².